The number of hydrogen-bond donors (Lipinski definition) is 1. The van der Waals surface area contributed by atoms with Crippen LogP contribution in [0.3, 0.4) is 0 Å². The van der Waals surface area contributed by atoms with E-state index in [4.69, 9.17) is 0 Å². The van der Waals surface area contributed by atoms with Crippen molar-refractivity contribution in [2.45, 2.75) is 34.1 Å². The topological polar surface area (TPSA) is 37.8 Å². The van der Waals surface area contributed by atoms with Crippen LogP contribution in [0.5, 0.6) is 0 Å². The van der Waals surface area contributed by atoms with Gasteiger partial charge in [-0.25, -0.2) is 14.4 Å². The highest BCUT2D eigenvalue weighted by Gasteiger charge is 2.11. The molecule has 1 aromatic carbocycles. The molecule has 0 spiro atoms. The van der Waals surface area contributed by atoms with Crippen molar-refractivity contribution < 1.29 is 4.39 Å². The van der Waals surface area contributed by atoms with E-state index in [2.05, 4.69) is 22.2 Å². The fraction of sp³-hybridized carbons (Fsp3) is 0.412. The Balaban J connectivity index is 2.34. The third kappa shape index (κ3) is 3.85. The summed E-state index contributed by atoms with van der Waals surface area (Å²) >= 11 is 0. The van der Waals surface area contributed by atoms with Crippen molar-refractivity contribution in [2.75, 3.05) is 13.1 Å². The lowest BCUT2D eigenvalue weighted by molar-refractivity contribution is 0.627. The van der Waals surface area contributed by atoms with Gasteiger partial charge in [0.05, 0.1) is 0 Å². The summed E-state index contributed by atoms with van der Waals surface area (Å²) < 4.78 is 13.5. The molecule has 4 heteroatoms. The first-order valence-corrected chi connectivity index (χ1v) is 7.33. The molecule has 0 saturated carbocycles. The number of aryl methyl sites for hydroxylation is 3. The Morgan fingerprint density at radius 2 is 1.71 bits per heavy atom. The van der Waals surface area contributed by atoms with Gasteiger partial charge in [-0.05, 0) is 69.6 Å². The van der Waals surface area contributed by atoms with E-state index in [1.807, 2.05) is 26.8 Å². The van der Waals surface area contributed by atoms with Crippen LogP contribution in [0.2, 0.25) is 0 Å². The van der Waals surface area contributed by atoms with Crippen LogP contribution >= 0.6 is 0 Å². The average Bonchev–Trinajstić information content (AvgIpc) is 2.40. The molecule has 0 radical (unpaired) electrons. The lowest BCUT2D eigenvalue weighted by Gasteiger charge is -2.11. The highest BCUT2D eigenvalue weighted by Crippen LogP contribution is 2.21. The minimum Gasteiger partial charge on any atom is -0.317 e. The zero-order valence-electron chi connectivity index (χ0n) is 13.1. The van der Waals surface area contributed by atoms with Crippen molar-refractivity contribution in [3.05, 3.63) is 46.5 Å². The maximum Gasteiger partial charge on any atom is 0.159 e. The molecule has 2 aromatic rings. The number of benzene rings is 1. The number of aromatic nitrogens is 2. The van der Waals surface area contributed by atoms with Gasteiger partial charge in [-0.1, -0.05) is 6.92 Å². The van der Waals surface area contributed by atoms with Crippen LogP contribution in [-0.4, -0.2) is 23.1 Å². The molecule has 0 aliphatic carbocycles. The van der Waals surface area contributed by atoms with Crippen LogP contribution in [0, 0.1) is 26.6 Å². The highest BCUT2D eigenvalue weighted by molar-refractivity contribution is 5.57. The Kier molecular flexibility index (Phi) is 5.02. The molecule has 21 heavy (non-hydrogen) atoms. The standard InChI is InChI=1S/C17H22FN3/c1-5-19-7-6-16-12(3)20-17(21-13(16)4)14-8-11(2)9-15(18)10-14/h8-10,19H,5-7H2,1-4H3. The highest BCUT2D eigenvalue weighted by atomic mass is 19.1. The smallest absolute Gasteiger partial charge is 0.159 e. The van der Waals surface area contributed by atoms with Gasteiger partial charge in [-0.15, -0.1) is 0 Å². The van der Waals surface area contributed by atoms with E-state index in [1.54, 1.807) is 0 Å². The fourth-order valence-electron chi connectivity index (χ4n) is 2.49. The molecule has 0 bridgehead atoms. The number of rotatable bonds is 5. The molecule has 112 valence electrons. The molecular formula is C17H22FN3. The van der Waals surface area contributed by atoms with Gasteiger partial charge in [0.15, 0.2) is 5.82 Å². The van der Waals surface area contributed by atoms with Crippen LogP contribution in [0.1, 0.15) is 29.4 Å². The van der Waals surface area contributed by atoms with E-state index in [1.165, 1.54) is 17.7 Å². The first-order valence-electron chi connectivity index (χ1n) is 7.33. The summed E-state index contributed by atoms with van der Waals surface area (Å²) in [5.74, 6) is 0.347. The molecule has 0 amide bonds. The van der Waals surface area contributed by atoms with Crippen LogP contribution in [0.4, 0.5) is 4.39 Å². The quantitative estimate of drug-likeness (QED) is 0.857. The molecule has 0 aliphatic heterocycles. The molecule has 0 saturated heterocycles. The van der Waals surface area contributed by atoms with Gasteiger partial charge in [0.1, 0.15) is 5.82 Å². The van der Waals surface area contributed by atoms with Crippen molar-refractivity contribution in [2.24, 2.45) is 0 Å². The van der Waals surface area contributed by atoms with Crippen molar-refractivity contribution in [1.82, 2.24) is 15.3 Å². The van der Waals surface area contributed by atoms with Crippen molar-refractivity contribution >= 4 is 0 Å². The molecule has 2 rings (SSSR count). The van der Waals surface area contributed by atoms with Gasteiger partial charge >= 0.3 is 0 Å². The third-order valence-electron chi connectivity index (χ3n) is 3.52. The van der Waals surface area contributed by atoms with E-state index in [0.29, 0.717) is 5.82 Å². The van der Waals surface area contributed by atoms with Crippen molar-refractivity contribution in [3.63, 3.8) is 0 Å². The lowest BCUT2D eigenvalue weighted by Crippen LogP contribution is -2.17. The molecule has 1 aromatic heterocycles. The van der Waals surface area contributed by atoms with E-state index in [9.17, 15) is 4.39 Å². The summed E-state index contributed by atoms with van der Waals surface area (Å²) in [6.45, 7) is 9.82. The lowest BCUT2D eigenvalue weighted by atomic mass is 10.1. The van der Waals surface area contributed by atoms with Crippen LogP contribution in [0.25, 0.3) is 11.4 Å². The summed E-state index contributed by atoms with van der Waals surface area (Å²) in [7, 11) is 0. The van der Waals surface area contributed by atoms with Crippen molar-refractivity contribution in [1.29, 1.82) is 0 Å². The zero-order chi connectivity index (χ0) is 15.4. The Labute approximate surface area is 125 Å². The second kappa shape index (κ2) is 6.76. The van der Waals surface area contributed by atoms with Crippen LogP contribution < -0.4 is 5.32 Å². The SMILES string of the molecule is CCNCCc1c(C)nc(-c2cc(C)cc(F)c2)nc1C. The molecule has 0 fully saturated rings. The molecule has 0 unspecified atom stereocenters. The maximum absolute atomic E-state index is 13.5. The number of likely N-dealkylation sites (N-methyl/N-ethyl adjacent to an activating group) is 1. The molecule has 3 nitrogen and oxygen atoms in total. The largest absolute Gasteiger partial charge is 0.317 e. The number of nitrogens with one attached hydrogen (secondary N) is 1. The van der Waals surface area contributed by atoms with Gasteiger partial charge in [-0.3, -0.25) is 0 Å². The normalized spacial score (nSPS) is 10.9. The zero-order valence-corrected chi connectivity index (χ0v) is 13.1. The van der Waals surface area contributed by atoms with E-state index < -0.39 is 0 Å². The monoisotopic (exact) mass is 287 g/mol. The molecule has 0 atom stereocenters. The van der Waals surface area contributed by atoms with Gasteiger partial charge in [-0.2, -0.15) is 0 Å². The van der Waals surface area contributed by atoms with Gasteiger partial charge < -0.3 is 5.32 Å². The third-order valence-corrected chi connectivity index (χ3v) is 3.52. The fourth-order valence-corrected chi connectivity index (χ4v) is 2.49. The molecule has 0 aliphatic rings. The first-order chi connectivity index (χ1) is 10.0. The minimum atomic E-state index is -0.250. The maximum atomic E-state index is 13.5. The summed E-state index contributed by atoms with van der Waals surface area (Å²) in [5, 5.41) is 3.31. The predicted octanol–water partition coefficient (Wildman–Crippen LogP) is 3.36. The van der Waals surface area contributed by atoms with Crippen LogP contribution in [0.15, 0.2) is 18.2 Å². The number of nitrogens with zero attached hydrogens (tertiary/aromatic N) is 2. The summed E-state index contributed by atoms with van der Waals surface area (Å²) in [6.07, 6.45) is 0.911. The van der Waals surface area contributed by atoms with Crippen LogP contribution in [-0.2, 0) is 6.42 Å². The van der Waals surface area contributed by atoms with E-state index >= 15 is 0 Å². The van der Waals surface area contributed by atoms with Gasteiger partial charge in [0, 0.05) is 17.0 Å². The molecule has 1 N–H and O–H groups in total. The average molecular weight is 287 g/mol. The van der Waals surface area contributed by atoms with Gasteiger partial charge in [0.25, 0.3) is 0 Å². The van der Waals surface area contributed by atoms with E-state index in [-0.39, 0.29) is 5.82 Å². The number of halogens is 1. The van der Waals surface area contributed by atoms with Gasteiger partial charge in [0.2, 0.25) is 0 Å². The minimum absolute atomic E-state index is 0.250. The first kappa shape index (κ1) is 15.6. The second-order valence-corrected chi connectivity index (χ2v) is 5.32. The summed E-state index contributed by atoms with van der Waals surface area (Å²) in [4.78, 5) is 9.12. The van der Waals surface area contributed by atoms with E-state index in [0.717, 1.165) is 42.0 Å². The van der Waals surface area contributed by atoms with Crippen molar-refractivity contribution in [3.8, 4) is 11.4 Å². The Bertz CT molecular complexity index is 595. The number of hydrogen-bond acceptors (Lipinski definition) is 3. The summed E-state index contributed by atoms with van der Waals surface area (Å²) in [6, 6.07) is 4.91. The Morgan fingerprint density at radius 1 is 1.05 bits per heavy atom. The predicted molar refractivity (Wildman–Crippen MR) is 83.9 cm³/mol. The second-order valence-electron chi connectivity index (χ2n) is 5.32. The molecule has 1 heterocycles. The Morgan fingerprint density at radius 3 is 2.29 bits per heavy atom. The Hall–Kier alpha value is -1.81. The molecular weight excluding hydrogens is 265 g/mol. The summed E-state index contributed by atoms with van der Waals surface area (Å²) in [5.41, 5.74) is 4.72.